The zero-order valence-electron chi connectivity index (χ0n) is 10.2. The minimum absolute atomic E-state index is 0.195. The highest BCUT2D eigenvalue weighted by molar-refractivity contribution is 5.19. The Kier molecular flexibility index (Phi) is 5.43. The molecule has 2 nitrogen and oxygen atoms in total. The van der Waals surface area contributed by atoms with Gasteiger partial charge in [0, 0.05) is 19.2 Å². The van der Waals surface area contributed by atoms with E-state index in [-0.39, 0.29) is 11.9 Å². The summed E-state index contributed by atoms with van der Waals surface area (Å²) < 4.78 is 17.9. The van der Waals surface area contributed by atoms with Crippen LogP contribution in [0.1, 0.15) is 31.9 Å². The fourth-order valence-corrected chi connectivity index (χ4v) is 1.69. The van der Waals surface area contributed by atoms with E-state index in [9.17, 15) is 4.39 Å². The number of benzene rings is 1. The van der Waals surface area contributed by atoms with E-state index in [2.05, 4.69) is 19.2 Å². The lowest BCUT2D eigenvalue weighted by Gasteiger charge is -2.22. The zero-order chi connectivity index (χ0) is 12.0. The highest BCUT2D eigenvalue weighted by atomic mass is 19.1. The predicted molar refractivity (Wildman–Crippen MR) is 63.9 cm³/mol. The molecule has 0 aliphatic carbocycles. The van der Waals surface area contributed by atoms with Crippen LogP contribution in [0, 0.1) is 5.82 Å². The van der Waals surface area contributed by atoms with Crippen LogP contribution in [0.3, 0.4) is 0 Å². The van der Waals surface area contributed by atoms with Crippen LogP contribution < -0.4 is 5.32 Å². The topological polar surface area (TPSA) is 21.3 Å². The molecule has 3 heteroatoms. The molecule has 0 bridgehead atoms. The minimum Gasteiger partial charge on any atom is -0.383 e. The molecule has 0 saturated carbocycles. The van der Waals surface area contributed by atoms with Gasteiger partial charge in [-0.3, -0.25) is 0 Å². The number of halogens is 1. The van der Waals surface area contributed by atoms with Crippen molar-refractivity contribution in [1.82, 2.24) is 5.32 Å². The zero-order valence-corrected chi connectivity index (χ0v) is 10.2. The molecule has 0 radical (unpaired) electrons. The van der Waals surface area contributed by atoms with Crippen molar-refractivity contribution in [3.05, 3.63) is 35.6 Å². The molecule has 16 heavy (non-hydrogen) atoms. The van der Waals surface area contributed by atoms with Crippen LogP contribution in [0.25, 0.3) is 0 Å². The molecular weight excluding hydrogens is 205 g/mol. The first-order valence-electron chi connectivity index (χ1n) is 5.67. The summed E-state index contributed by atoms with van der Waals surface area (Å²) in [4.78, 5) is 0. The second kappa shape index (κ2) is 6.61. The molecule has 0 heterocycles. The van der Waals surface area contributed by atoms with Gasteiger partial charge in [0.25, 0.3) is 0 Å². The normalized spacial score (nSPS) is 14.8. The molecule has 1 unspecified atom stereocenters. The van der Waals surface area contributed by atoms with Gasteiger partial charge < -0.3 is 10.1 Å². The van der Waals surface area contributed by atoms with Crippen molar-refractivity contribution < 1.29 is 9.13 Å². The van der Waals surface area contributed by atoms with Crippen molar-refractivity contribution in [1.29, 1.82) is 0 Å². The third-order valence-electron chi connectivity index (χ3n) is 2.72. The molecule has 1 aromatic carbocycles. The standard InChI is InChI=1S/C13H20FNO/c1-4-13(9-16-3)15-10(2)11-5-7-12(14)8-6-11/h5-8,10,13,15H,4,9H2,1-3H3/t10-,13?/m0/s1. The van der Waals surface area contributed by atoms with Crippen molar-refractivity contribution in [3.8, 4) is 0 Å². The molecule has 1 rings (SSSR count). The lowest BCUT2D eigenvalue weighted by molar-refractivity contribution is 0.159. The second-order valence-electron chi connectivity index (χ2n) is 4.00. The van der Waals surface area contributed by atoms with Gasteiger partial charge in [0.2, 0.25) is 0 Å². The maximum Gasteiger partial charge on any atom is 0.123 e. The van der Waals surface area contributed by atoms with Crippen LogP contribution >= 0.6 is 0 Å². The molecule has 0 spiro atoms. The quantitative estimate of drug-likeness (QED) is 0.803. The van der Waals surface area contributed by atoms with E-state index in [0.717, 1.165) is 12.0 Å². The van der Waals surface area contributed by atoms with E-state index in [1.165, 1.54) is 12.1 Å². The number of rotatable bonds is 6. The molecule has 0 fully saturated rings. The maximum absolute atomic E-state index is 12.8. The van der Waals surface area contributed by atoms with E-state index in [1.807, 2.05) is 12.1 Å². The summed E-state index contributed by atoms with van der Waals surface area (Å²) in [7, 11) is 1.70. The van der Waals surface area contributed by atoms with Gasteiger partial charge in [0.1, 0.15) is 5.82 Å². The highest BCUT2D eigenvalue weighted by Crippen LogP contribution is 2.14. The summed E-state index contributed by atoms with van der Waals surface area (Å²) in [5, 5.41) is 3.46. The van der Waals surface area contributed by atoms with Gasteiger partial charge in [-0.1, -0.05) is 19.1 Å². The summed E-state index contributed by atoms with van der Waals surface area (Å²) >= 11 is 0. The summed E-state index contributed by atoms with van der Waals surface area (Å²) in [6, 6.07) is 7.15. The lowest BCUT2D eigenvalue weighted by atomic mass is 10.1. The fraction of sp³-hybridized carbons (Fsp3) is 0.538. The fourth-order valence-electron chi connectivity index (χ4n) is 1.69. The SMILES string of the molecule is CCC(COC)N[C@@H](C)c1ccc(F)cc1. The minimum atomic E-state index is -0.195. The Bertz CT molecular complexity index is 299. The molecule has 0 saturated heterocycles. The third kappa shape index (κ3) is 3.91. The van der Waals surface area contributed by atoms with Crippen LogP contribution in [0.4, 0.5) is 4.39 Å². The predicted octanol–water partition coefficient (Wildman–Crippen LogP) is 2.90. The van der Waals surface area contributed by atoms with E-state index < -0.39 is 0 Å². The first-order valence-corrected chi connectivity index (χ1v) is 5.67. The molecule has 0 aliphatic rings. The van der Waals surface area contributed by atoms with Crippen LogP contribution in [0.15, 0.2) is 24.3 Å². The molecule has 0 amide bonds. The molecule has 90 valence electrons. The summed E-state index contributed by atoms with van der Waals surface area (Å²) in [5.74, 6) is -0.195. The van der Waals surface area contributed by atoms with Gasteiger partial charge in [-0.15, -0.1) is 0 Å². The maximum atomic E-state index is 12.8. The average Bonchev–Trinajstić information content (AvgIpc) is 2.29. The monoisotopic (exact) mass is 225 g/mol. The van der Waals surface area contributed by atoms with Crippen LogP contribution in [-0.2, 0) is 4.74 Å². The Labute approximate surface area is 96.8 Å². The summed E-state index contributed by atoms with van der Waals surface area (Å²) in [6.07, 6.45) is 1.01. The molecule has 1 aromatic rings. The van der Waals surface area contributed by atoms with Crippen molar-refractivity contribution in [2.24, 2.45) is 0 Å². The number of methoxy groups -OCH3 is 1. The van der Waals surface area contributed by atoms with Gasteiger partial charge in [-0.05, 0) is 31.0 Å². The van der Waals surface area contributed by atoms with Crippen molar-refractivity contribution in [2.45, 2.75) is 32.4 Å². The summed E-state index contributed by atoms with van der Waals surface area (Å²) in [5.41, 5.74) is 1.09. The Hall–Kier alpha value is -0.930. The Morgan fingerprint density at radius 3 is 2.44 bits per heavy atom. The van der Waals surface area contributed by atoms with Crippen molar-refractivity contribution in [2.75, 3.05) is 13.7 Å². The first kappa shape index (κ1) is 13.1. The van der Waals surface area contributed by atoms with Crippen molar-refractivity contribution >= 4 is 0 Å². The van der Waals surface area contributed by atoms with Gasteiger partial charge >= 0.3 is 0 Å². The van der Waals surface area contributed by atoms with Crippen LogP contribution in [-0.4, -0.2) is 19.8 Å². The van der Waals surface area contributed by atoms with E-state index in [0.29, 0.717) is 12.6 Å². The van der Waals surface area contributed by atoms with E-state index >= 15 is 0 Å². The van der Waals surface area contributed by atoms with Gasteiger partial charge in [0.05, 0.1) is 6.61 Å². The Morgan fingerprint density at radius 1 is 1.31 bits per heavy atom. The lowest BCUT2D eigenvalue weighted by Crippen LogP contribution is -2.34. The molecule has 0 aliphatic heterocycles. The van der Waals surface area contributed by atoms with Gasteiger partial charge in [-0.2, -0.15) is 0 Å². The highest BCUT2D eigenvalue weighted by Gasteiger charge is 2.11. The largest absolute Gasteiger partial charge is 0.383 e. The molecule has 2 atom stereocenters. The average molecular weight is 225 g/mol. The van der Waals surface area contributed by atoms with E-state index in [1.54, 1.807) is 7.11 Å². The number of hydrogen-bond acceptors (Lipinski definition) is 2. The van der Waals surface area contributed by atoms with Crippen LogP contribution in [0.5, 0.6) is 0 Å². The second-order valence-corrected chi connectivity index (χ2v) is 4.00. The molecule has 1 N–H and O–H groups in total. The molecular formula is C13H20FNO. The molecule has 0 aromatic heterocycles. The number of hydrogen-bond donors (Lipinski definition) is 1. The van der Waals surface area contributed by atoms with Crippen LogP contribution in [0.2, 0.25) is 0 Å². The smallest absolute Gasteiger partial charge is 0.123 e. The summed E-state index contributed by atoms with van der Waals surface area (Å²) in [6.45, 7) is 4.89. The van der Waals surface area contributed by atoms with E-state index in [4.69, 9.17) is 4.74 Å². The first-order chi connectivity index (χ1) is 7.67. The van der Waals surface area contributed by atoms with Gasteiger partial charge in [0.15, 0.2) is 0 Å². The Morgan fingerprint density at radius 2 is 1.94 bits per heavy atom. The Balaban J connectivity index is 2.56. The number of ether oxygens (including phenoxy) is 1. The third-order valence-corrected chi connectivity index (χ3v) is 2.72. The van der Waals surface area contributed by atoms with Crippen molar-refractivity contribution in [3.63, 3.8) is 0 Å². The number of nitrogens with one attached hydrogen (secondary N) is 1. The van der Waals surface area contributed by atoms with Gasteiger partial charge in [-0.25, -0.2) is 4.39 Å².